The molecular weight excluding hydrogens is 190 g/mol. The minimum Gasteiger partial charge on any atom is -0.382 e. The minimum absolute atomic E-state index is 0.0329. The summed E-state index contributed by atoms with van der Waals surface area (Å²) in [5.74, 6) is 0.281. The van der Waals surface area contributed by atoms with Gasteiger partial charge in [0.05, 0.1) is 16.7 Å². The van der Waals surface area contributed by atoms with Gasteiger partial charge in [0.2, 0.25) is 0 Å². The van der Waals surface area contributed by atoms with Crippen LogP contribution >= 0.6 is 0 Å². The second-order valence-electron chi connectivity index (χ2n) is 3.17. The smallest absolute Gasteiger partial charge is 0.158 e. The summed E-state index contributed by atoms with van der Waals surface area (Å²) in [7, 11) is -3.06. The summed E-state index contributed by atoms with van der Waals surface area (Å²) in [5, 5.41) is 5.83. The summed E-state index contributed by atoms with van der Waals surface area (Å²) in [4.78, 5) is 0. The Balaban J connectivity index is 2.81. The van der Waals surface area contributed by atoms with E-state index in [9.17, 15) is 8.42 Å². The molecule has 0 aliphatic heterocycles. The number of nitrogen functional groups attached to an aromatic ring is 1. The number of sulfone groups is 1. The summed E-state index contributed by atoms with van der Waals surface area (Å²) >= 11 is 0. The molecule has 0 bridgehead atoms. The van der Waals surface area contributed by atoms with Gasteiger partial charge in [0, 0.05) is 6.07 Å². The fourth-order valence-electron chi connectivity index (χ4n) is 0.837. The molecule has 1 aromatic rings. The Bertz CT molecular complexity index is 380. The number of H-pyrrole nitrogens is 1. The van der Waals surface area contributed by atoms with Gasteiger partial charge in [0.15, 0.2) is 9.84 Å². The minimum atomic E-state index is -3.06. The second-order valence-corrected chi connectivity index (χ2v) is 5.73. The largest absolute Gasteiger partial charge is 0.382 e. The van der Waals surface area contributed by atoms with Crippen LogP contribution in [-0.4, -0.2) is 23.9 Å². The van der Waals surface area contributed by atoms with Crippen LogP contribution in [-0.2, 0) is 15.6 Å². The molecule has 0 aliphatic carbocycles. The number of aromatic amines is 1. The predicted octanol–water partition coefficient (Wildman–Crippen LogP) is 0.315. The zero-order valence-electron chi connectivity index (χ0n) is 7.61. The van der Waals surface area contributed by atoms with Gasteiger partial charge < -0.3 is 5.73 Å². The predicted molar refractivity (Wildman–Crippen MR) is 50.8 cm³/mol. The van der Waals surface area contributed by atoms with Gasteiger partial charge in [-0.1, -0.05) is 0 Å². The lowest BCUT2D eigenvalue weighted by atomic mass is 10.5. The molecule has 0 fully saturated rings. The van der Waals surface area contributed by atoms with Gasteiger partial charge in [-0.3, -0.25) is 5.10 Å². The third kappa shape index (κ3) is 2.45. The van der Waals surface area contributed by atoms with Crippen molar-refractivity contribution in [3.63, 3.8) is 0 Å². The first-order valence-electron chi connectivity index (χ1n) is 3.93. The van der Waals surface area contributed by atoms with E-state index in [1.165, 1.54) is 6.07 Å². The Labute approximate surface area is 77.3 Å². The van der Waals surface area contributed by atoms with Gasteiger partial charge in [0.25, 0.3) is 0 Å². The normalized spacial score (nSPS) is 12.2. The zero-order valence-corrected chi connectivity index (χ0v) is 8.43. The molecular formula is C7H13N3O2S. The van der Waals surface area contributed by atoms with E-state index >= 15 is 0 Å². The molecule has 0 unspecified atom stereocenters. The highest BCUT2D eigenvalue weighted by Crippen LogP contribution is 2.10. The molecule has 0 amide bonds. The molecule has 0 aromatic carbocycles. The Morgan fingerprint density at radius 1 is 1.62 bits per heavy atom. The zero-order chi connectivity index (χ0) is 10.1. The molecule has 0 aliphatic rings. The van der Waals surface area contributed by atoms with E-state index in [1.54, 1.807) is 13.8 Å². The molecule has 5 nitrogen and oxygen atoms in total. The third-order valence-corrected chi connectivity index (χ3v) is 3.88. The van der Waals surface area contributed by atoms with Crippen LogP contribution in [0.2, 0.25) is 0 Å². The van der Waals surface area contributed by atoms with Crippen molar-refractivity contribution in [2.45, 2.75) is 24.9 Å². The number of nitrogens with two attached hydrogens (primary N) is 1. The number of aromatic nitrogens is 2. The van der Waals surface area contributed by atoms with Crippen molar-refractivity contribution in [2.24, 2.45) is 0 Å². The van der Waals surface area contributed by atoms with Gasteiger partial charge in [-0.15, -0.1) is 0 Å². The van der Waals surface area contributed by atoms with E-state index in [-0.39, 0.29) is 11.0 Å². The van der Waals surface area contributed by atoms with Gasteiger partial charge in [-0.05, 0) is 13.8 Å². The lowest BCUT2D eigenvalue weighted by molar-refractivity contribution is 0.586. The van der Waals surface area contributed by atoms with Crippen molar-refractivity contribution in [2.75, 3.05) is 5.73 Å². The van der Waals surface area contributed by atoms with Crippen LogP contribution < -0.4 is 5.73 Å². The Kier molecular flexibility index (Phi) is 2.60. The fourth-order valence-corrected chi connectivity index (χ4v) is 1.75. The quantitative estimate of drug-likeness (QED) is 0.740. The molecule has 1 aromatic heterocycles. The van der Waals surface area contributed by atoms with E-state index in [0.717, 1.165) is 0 Å². The Morgan fingerprint density at radius 2 is 2.23 bits per heavy atom. The number of hydrogen-bond donors (Lipinski definition) is 2. The van der Waals surface area contributed by atoms with Crippen LogP contribution in [0, 0.1) is 0 Å². The third-order valence-electron chi connectivity index (χ3n) is 1.73. The molecule has 74 valence electrons. The first kappa shape index (κ1) is 10.0. The highest BCUT2D eigenvalue weighted by Gasteiger charge is 2.17. The fraction of sp³-hybridized carbons (Fsp3) is 0.571. The van der Waals surface area contributed by atoms with Crippen LogP contribution in [0.5, 0.6) is 0 Å². The molecule has 3 N–H and O–H groups in total. The highest BCUT2D eigenvalue weighted by atomic mass is 32.2. The van der Waals surface area contributed by atoms with Crippen LogP contribution in [0.4, 0.5) is 5.82 Å². The number of rotatable bonds is 3. The van der Waals surface area contributed by atoms with Crippen molar-refractivity contribution in [1.29, 1.82) is 0 Å². The summed E-state index contributed by atoms with van der Waals surface area (Å²) in [6, 6.07) is 1.53. The molecule has 1 heterocycles. The summed E-state index contributed by atoms with van der Waals surface area (Å²) in [5.41, 5.74) is 5.87. The number of nitrogens with one attached hydrogen (secondary N) is 1. The standard InChI is InChI=1S/C7H13N3O2S/c1-5(2)13(11,12)4-6-3-7(8)10-9-6/h3,5H,4H2,1-2H3,(H3,8,9,10). The first-order chi connectivity index (χ1) is 5.92. The topological polar surface area (TPSA) is 88.8 Å². The van der Waals surface area contributed by atoms with Crippen LogP contribution in [0.15, 0.2) is 6.07 Å². The summed E-state index contributed by atoms with van der Waals surface area (Å²) in [6.07, 6.45) is 0. The van der Waals surface area contributed by atoms with Crippen molar-refractivity contribution >= 4 is 15.7 Å². The monoisotopic (exact) mass is 203 g/mol. The summed E-state index contributed by atoms with van der Waals surface area (Å²) in [6.45, 7) is 3.30. The van der Waals surface area contributed by atoms with Gasteiger partial charge in [0.1, 0.15) is 5.82 Å². The van der Waals surface area contributed by atoms with Gasteiger partial charge in [-0.25, -0.2) is 8.42 Å². The average Bonchev–Trinajstić information content (AvgIpc) is 2.34. The Hall–Kier alpha value is -1.04. The second kappa shape index (κ2) is 3.37. The van der Waals surface area contributed by atoms with Crippen molar-refractivity contribution in [1.82, 2.24) is 10.2 Å². The van der Waals surface area contributed by atoms with E-state index < -0.39 is 9.84 Å². The molecule has 0 saturated heterocycles. The number of hydrogen-bond acceptors (Lipinski definition) is 4. The highest BCUT2D eigenvalue weighted by molar-refractivity contribution is 7.91. The Morgan fingerprint density at radius 3 is 2.62 bits per heavy atom. The molecule has 13 heavy (non-hydrogen) atoms. The van der Waals surface area contributed by atoms with E-state index in [4.69, 9.17) is 5.73 Å². The lowest BCUT2D eigenvalue weighted by Crippen LogP contribution is -2.16. The molecule has 0 radical (unpaired) electrons. The van der Waals surface area contributed by atoms with Gasteiger partial charge in [-0.2, -0.15) is 5.10 Å². The van der Waals surface area contributed by atoms with Crippen molar-refractivity contribution in [3.8, 4) is 0 Å². The van der Waals surface area contributed by atoms with E-state index in [2.05, 4.69) is 10.2 Å². The van der Waals surface area contributed by atoms with Crippen LogP contribution in [0.25, 0.3) is 0 Å². The van der Waals surface area contributed by atoms with Crippen molar-refractivity contribution < 1.29 is 8.42 Å². The SMILES string of the molecule is CC(C)S(=O)(=O)Cc1cc(N)n[nH]1. The van der Waals surface area contributed by atoms with Crippen LogP contribution in [0.3, 0.4) is 0 Å². The molecule has 6 heteroatoms. The van der Waals surface area contributed by atoms with E-state index in [1.807, 2.05) is 0 Å². The molecule has 0 atom stereocenters. The maximum absolute atomic E-state index is 11.4. The number of nitrogens with zero attached hydrogens (tertiary/aromatic N) is 1. The lowest BCUT2D eigenvalue weighted by Gasteiger charge is -2.04. The van der Waals surface area contributed by atoms with E-state index in [0.29, 0.717) is 11.5 Å². The average molecular weight is 203 g/mol. The molecule has 0 spiro atoms. The molecule has 0 saturated carbocycles. The van der Waals surface area contributed by atoms with Gasteiger partial charge >= 0.3 is 0 Å². The maximum Gasteiger partial charge on any atom is 0.158 e. The van der Waals surface area contributed by atoms with Crippen LogP contribution in [0.1, 0.15) is 19.5 Å². The van der Waals surface area contributed by atoms with Crippen molar-refractivity contribution in [3.05, 3.63) is 11.8 Å². The molecule has 1 rings (SSSR count). The summed E-state index contributed by atoms with van der Waals surface area (Å²) < 4.78 is 22.8. The maximum atomic E-state index is 11.4. The number of anilines is 1. The first-order valence-corrected chi connectivity index (χ1v) is 5.64.